The molecular weight excluding hydrogens is 276 g/mol. The van der Waals surface area contributed by atoms with Gasteiger partial charge < -0.3 is 5.73 Å². The van der Waals surface area contributed by atoms with Gasteiger partial charge in [0.05, 0.1) is 16.5 Å². The molecule has 7 heteroatoms. The molecule has 0 radical (unpaired) electrons. The Morgan fingerprint density at radius 2 is 1.95 bits per heavy atom. The van der Waals surface area contributed by atoms with E-state index in [-0.39, 0.29) is 5.25 Å². The zero-order valence-corrected chi connectivity index (χ0v) is 11.9. The van der Waals surface area contributed by atoms with Gasteiger partial charge >= 0.3 is 0 Å². The Hall–Kier alpha value is -1.21. The fourth-order valence-electron chi connectivity index (χ4n) is 3.33. The molecule has 0 saturated heterocycles. The summed E-state index contributed by atoms with van der Waals surface area (Å²) in [6, 6.07) is 1.70. The van der Waals surface area contributed by atoms with Crippen LogP contribution in [0.15, 0.2) is 12.4 Å². The van der Waals surface area contributed by atoms with Crippen LogP contribution in [0.25, 0.3) is 0 Å². The summed E-state index contributed by atoms with van der Waals surface area (Å²) in [5.74, 6) is 1.82. The van der Waals surface area contributed by atoms with Gasteiger partial charge in [-0.15, -0.1) is 0 Å². The summed E-state index contributed by atoms with van der Waals surface area (Å²) in [5, 5.41) is -0.258. The number of aromatic nitrogens is 2. The highest BCUT2D eigenvalue weighted by atomic mass is 32.2. The maximum atomic E-state index is 11.9. The summed E-state index contributed by atoms with van der Waals surface area (Å²) in [5.41, 5.74) is 6.79. The van der Waals surface area contributed by atoms with Gasteiger partial charge in [-0.2, -0.15) is 0 Å². The normalized spacial score (nSPS) is 35.6. The summed E-state index contributed by atoms with van der Waals surface area (Å²) in [4.78, 5) is 8.28. The summed E-state index contributed by atoms with van der Waals surface area (Å²) in [6.07, 6.45) is 6.05. The lowest BCUT2D eigenvalue weighted by atomic mass is 9.90. The van der Waals surface area contributed by atoms with Crippen molar-refractivity contribution in [1.82, 2.24) is 9.97 Å². The van der Waals surface area contributed by atoms with Crippen molar-refractivity contribution in [2.24, 2.45) is 17.6 Å². The fourth-order valence-corrected chi connectivity index (χ4v) is 4.66. The Kier molecular flexibility index (Phi) is 2.45. The van der Waals surface area contributed by atoms with Crippen LogP contribution in [0.4, 0.5) is 5.82 Å². The highest BCUT2D eigenvalue weighted by Crippen LogP contribution is 2.58. The minimum atomic E-state index is -3.28. The molecule has 0 aromatic carbocycles. The summed E-state index contributed by atoms with van der Waals surface area (Å²) in [6.45, 7) is 0. The van der Waals surface area contributed by atoms with Gasteiger partial charge in [-0.05, 0) is 43.9 Å². The first kappa shape index (κ1) is 12.5. The maximum absolute atomic E-state index is 11.9. The standard InChI is InChI=1S/C13H18N4O2S/c14-13(5-8-3-9(8)6-13)11-4-12(16-7-15-11)17-20(18,19)10-1-2-10/h4,7-10H,1-3,5-6,14H2,(H,15,16,17). The van der Waals surface area contributed by atoms with E-state index in [0.29, 0.717) is 5.82 Å². The van der Waals surface area contributed by atoms with Gasteiger partial charge in [-0.1, -0.05) is 0 Å². The van der Waals surface area contributed by atoms with Crippen LogP contribution in [0.3, 0.4) is 0 Å². The number of sulfonamides is 1. The highest BCUT2D eigenvalue weighted by molar-refractivity contribution is 7.93. The van der Waals surface area contributed by atoms with Crippen LogP contribution in [-0.4, -0.2) is 23.6 Å². The number of hydrogen-bond donors (Lipinski definition) is 2. The predicted molar refractivity (Wildman–Crippen MR) is 74.3 cm³/mol. The number of nitrogens with one attached hydrogen (secondary N) is 1. The Labute approximate surface area is 118 Å². The Bertz CT molecular complexity index is 646. The average molecular weight is 294 g/mol. The topological polar surface area (TPSA) is 98.0 Å². The van der Waals surface area contributed by atoms with Crippen LogP contribution < -0.4 is 10.5 Å². The molecule has 3 aliphatic carbocycles. The molecule has 1 aromatic heterocycles. The van der Waals surface area contributed by atoms with Crippen LogP contribution in [0.1, 0.15) is 37.8 Å². The largest absolute Gasteiger partial charge is 0.320 e. The van der Waals surface area contributed by atoms with Crippen molar-refractivity contribution in [3.63, 3.8) is 0 Å². The van der Waals surface area contributed by atoms with Gasteiger partial charge in [0.25, 0.3) is 0 Å². The summed E-state index contributed by atoms with van der Waals surface area (Å²) >= 11 is 0. The molecule has 1 aromatic rings. The minimum Gasteiger partial charge on any atom is -0.320 e. The lowest BCUT2D eigenvalue weighted by Crippen LogP contribution is -2.36. The van der Waals surface area contributed by atoms with Crippen molar-refractivity contribution in [3.8, 4) is 0 Å². The number of nitrogens with two attached hydrogens (primary N) is 1. The Morgan fingerprint density at radius 1 is 1.25 bits per heavy atom. The van der Waals surface area contributed by atoms with Crippen molar-refractivity contribution in [2.75, 3.05) is 4.72 Å². The third-order valence-electron chi connectivity index (χ3n) is 4.71. The number of rotatable bonds is 4. The molecule has 0 amide bonds. The van der Waals surface area contributed by atoms with Gasteiger partial charge in [0, 0.05) is 6.07 Å². The van der Waals surface area contributed by atoms with Crippen LogP contribution in [0.2, 0.25) is 0 Å². The molecule has 2 atom stereocenters. The van der Waals surface area contributed by atoms with E-state index in [4.69, 9.17) is 5.73 Å². The van der Waals surface area contributed by atoms with E-state index in [1.165, 1.54) is 12.7 Å². The molecule has 4 rings (SSSR count). The molecule has 3 saturated carbocycles. The Balaban J connectivity index is 1.58. The molecule has 6 nitrogen and oxygen atoms in total. The van der Waals surface area contributed by atoms with Gasteiger partial charge in [0.2, 0.25) is 10.0 Å². The van der Waals surface area contributed by atoms with E-state index in [2.05, 4.69) is 14.7 Å². The Morgan fingerprint density at radius 3 is 2.60 bits per heavy atom. The highest BCUT2D eigenvalue weighted by Gasteiger charge is 2.53. The van der Waals surface area contributed by atoms with E-state index in [1.807, 2.05) is 0 Å². The fraction of sp³-hybridized carbons (Fsp3) is 0.692. The zero-order chi connectivity index (χ0) is 14.0. The second kappa shape index (κ2) is 3.92. The number of nitrogens with zero attached hydrogens (tertiary/aromatic N) is 2. The lowest BCUT2D eigenvalue weighted by molar-refractivity contribution is 0.399. The predicted octanol–water partition coefficient (Wildman–Crippen LogP) is 0.965. The van der Waals surface area contributed by atoms with E-state index in [1.54, 1.807) is 6.07 Å². The van der Waals surface area contributed by atoms with Crippen LogP contribution in [0.5, 0.6) is 0 Å². The first-order chi connectivity index (χ1) is 9.46. The molecule has 0 spiro atoms. The monoisotopic (exact) mass is 294 g/mol. The molecule has 3 N–H and O–H groups in total. The van der Waals surface area contributed by atoms with Crippen LogP contribution >= 0.6 is 0 Å². The van der Waals surface area contributed by atoms with E-state index in [9.17, 15) is 8.42 Å². The van der Waals surface area contributed by atoms with Gasteiger partial charge in [-0.3, -0.25) is 4.72 Å². The maximum Gasteiger partial charge on any atom is 0.236 e. The molecule has 1 heterocycles. The van der Waals surface area contributed by atoms with E-state index >= 15 is 0 Å². The number of anilines is 1. The summed E-state index contributed by atoms with van der Waals surface area (Å²) < 4.78 is 26.4. The number of hydrogen-bond acceptors (Lipinski definition) is 5. The number of fused-ring (bicyclic) bond motifs is 1. The second-order valence-electron chi connectivity index (χ2n) is 6.46. The minimum absolute atomic E-state index is 0.258. The summed E-state index contributed by atoms with van der Waals surface area (Å²) in [7, 11) is -3.28. The van der Waals surface area contributed by atoms with E-state index in [0.717, 1.165) is 43.2 Å². The van der Waals surface area contributed by atoms with Gasteiger partial charge in [-0.25, -0.2) is 18.4 Å². The third-order valence-corrected chi connectivity index (χ3v) is 6.55. The van der Waals surface area contributed by atoms with Crippen molar-refractivity contribution in [3.05, 3.63) is 18.1 Å². The third kappa shape index (κ3) is 2.09. The quantitative estimate of drug-likeness (QED) is 0.862. The molecule has 3 fully saturated rings. The molecule has 20 heavy (non-hydrogen) atoms. The zero-order valence-electron chi connectivity index (χ0n) is 11.1. The molecular formula is C13H18N4O2S. The van der Waals surface area contributed by atoms with Crippen LogP contribution in [-0.2, 0) is 15.6 Å². The first-order valence-corrected chi connectivity index (χ1v) is 8.64. The SMILES string of the molecule is NC1(c2cc(NS(=O)(=O)C3CC3)ncn2)CC2CC2C1. The van der Waals surface area contributed by atoms with Crippen LogP contribution in [0, 0.1) is 11.8 Å². The van der Waals surface area contributed by atoms with Gasteiger partial charge in [0.1, 0.15) is 12.1 Å². The lowest BCUT2D eigenvalue weighted by Gasteiger charge is -2.25. The smallest absolute Gasteiger partial charge is 0.236 e. The molecule has 3 aliphatic rings. The first-order valence-electron chi connectivity index (χ1n) is 7.09. The van der Waals surface area contributed by atoms with Gasteiger partial charge in [0.15, 0.2) is 0 Å². The molecule has 0 bridgehead atoms. The van der Waals surface area contributed by atoms with E-state index < -0.39 is 15.6 Å². The molecule has 2 unspecified atom stereocenters. The van der Waals surface area contributed by atoms with Crippen molar-refractivity contribution in [2.45, 2.75) is 42.9 Å². The van der Waals surface area contributed by atoms with Crippen molar-refractivity contribution in [1.29, 1.82) is 0 Å². The molecule has 0 aliphatic heterocycles. The average Bonchev–Trinajstić information content (AvgIpc) is 3.28. The van der Waals surface area contributed by atoms with Crippen molar-refractivity contribution >= 4 is 15.8 Å². The molecule has 108 valence electrons. The van der Waals surface area contributed by atoms with Crippen molar-refractivity contribution < 1.29 is 8.42 Å². The second-order valence-corrected chi connectivity index (χ2v) is 8.42.